The SMILES string of the molecule is COCCOC(=O)C(C)(CCC(=O)OCC(C)(COC(=O)OCCCCc1ccc2c3c4c(ccc13)C=CCC4=CC2)C(=O)OC[NH3+])COC=O. The number of hydrogen-bond donors (Lipinski definition) is 1. The molecule has 0 spiro atoms. The number of allylic oxidation sites excluding steroid dienone is 3. The van der Waals surface area contributed by atoms with Gasteiger partial charge in [0.05, 0.1) is 18.6 Å². The lowest BCUT2D eigenvalue weighted by Crippen LogP contribution is -2.54. The molecule has 0 saturated heterocycles. The maximum absolute atomic E-state index is 12.8. The van der Waals surface area contributed by atoms with E-state index in [1.165, 1.54) is 59.6 Å². The van der Waals surface area contributed by atoms with E-state index in [4.69, 9.17) is 33.2 Å². The van der Waals surface area contributed by atoms with Crippen molar-refractivity contribution >= 4 is 53.0 Å². The summed E-state index contributed by atoms with van der Waals surface area (Å²) in [7, 11) is 1.45. The van der Waals surface area contributed by atoms with Gasteiger partial charge in [0.1, 0.15) is 31.8 Å². The fourth-order valence-corrected chi connectivity index (χ4v) is 6.09. The van der Waals surface area contributed by atoms with Crippen molar-refractivity contribution in [3.63, 3.8) is 0 Å². The second kappa shape index (κ2) is 18.5. The quantitative estimate of drug-likeness (QED) is 0.0646. The van der Waals surface area contributed by atoms with Crippen LogP contribution in [-0.4, -0.2) is 84.0 Å². The van der Waals surface area contributed by atoms with E-state index < -0.39 is 48.1 Å². The van der Waals surface area contributed by atoms with Gasteiger partial charge in [0, 0.05) is 13.5 Å². The maximum atomic E-state index is 12.8. The monoisotopic (exact) mass is 710 g/mol. The molecular formula is C38H48NO12+. The molecule has 276 valence electrons. The largest absolute Gasteiger partial charge is 0.508 e. The van der Waals surface area contributed by atoms with Gasteiger partial charge in [-0.1, -0.05) is 42.5 Å². The van der Waals surface area contributed by atoms with Gasteiger partial charge in [0.2, 0.25) is 6.73 Å². The second-order valence-corrected chi connectivity index (χ2v) is 13.2. The van der Waals surface area contributed by atoms with Gasteiger partial charge in [0.25, 0.3) is 6.47 Å². The van der Waals surface area contributed by atoms with Gasteiger partial charge in [-0.2, -0.15) is 0 Å². The minimum absolute atomic E-state index is 0.0180. The van der Waals surface area contributed by atoms with E-state index in [0.717, 1.165) is 25.7 Å². The summed E-state index contributed by atoms with van der Waals surface area (Å²) in [6.45, 7) is 1.90. The Morgan fingerprint density at radius 1 is 0.843 bits per heavy atom. The van der Waals surface area contributed by atoms with Crippen LogP contribution in [0.15, 0.2) is 36.4 Å². The molecule has 3 N–H and O–H groups in total. The van der Waals surface area contributed by atoms with E-state index in [-0.39, 0.29) is 52.5 Å². The Morgan fingerprint density at radius 2 is 1.63 bits per heavy atom. The van der Waals surface area contributed by atoms with Crippen LogP contribution in [0.5, 0.6) is 0 Å². The predicted molar refractivity (Wildman–Crippen MR) is 185 cm³/mol. The molecule has 2 atom stereocenters. The summed E-state index contributed by atoms with van der Waals surface area (Å²) in [5.41, 5.74) is 7.21. The van der Waals surface area contributed by atoms with E-state index in [9.17, 15) is 24.0 Å². The summed E-state index contributed by atoms with van der Waals surface area (Å²) >= 11 is 0. The van der Waals surface area contributed by atoms with E-state index in [2.05, 4.69) is 48.2 Å². The number of rotatable bonds is 21. The molecule has 4 rings (SSSR count). The molecule has 0 heterocycles. The zero-order valence-electron chi connectivity index (χ0n) is 29.6. The summed E-state index contributed by atoms with van der Waals surface area (Å²) in [6, 6.07) is 8.80. The Labute approximate surface area is 297 Å². The van der Waals surface area contributed by atoms with Crippen molar-refractivity contribution in [2.75, 3.05) is 53.5 Å². The van der Waals surface area contributed by atoms with Crippen molar-refractivity contribution in [3.05, 3.63) is 58.7 Å². The third-order valence-corrected chi connectivity index (χ3v) is 9.13. The Balaban J connectivity index is 1.24. The Hall–Kier alpha value is -4.75. The molecule has 0 amide bonds. The van der Waals surface area contributed by atoms with E-state index in [1.807, 2.05) is 0 Å². The third-order valence-electron chi connectivity index (χ3n) is 9.13. The average molecular weight is 711 g/mol. The molecule has 0 aromatic heterocycles. The number of benzene rings is 2. The highest BCUT2D eigenvalue weighted by molar-refractivity contribution is 6.03. The first-order valence-corrected chi connectivity index (χ1v) is 17.1. The smallest absolute Gasteiger partial charge is 0.467 e. The molecule has 2 aliphatic carbocycles. The zero-order chi connectivity index (χ0) is 36.9. The van der Waals surface area contributed by atoms with E-state index in [1.54, 1.807) is 0 Å². The van der Waals surface area contributed by atoms with Crippen LogP contribution in [0.4, 0.5) is 4.79 Å². The fraction of sp³-hybridized carbons (Fsp3) is 0.500. The van der Waals surface area contributed by atoms with Crippen molar-refractivity contribution in [2.24, 2.45) is 10.8 Å². The number of quaternary nitrogens is 1. The fourth-order valence-electron chi connectivity index (χ4n) is 6.09. The predicted octanol–water partition coefficient (Wildman–Crippen LogP) is 4.11. The van der Waals surface area contributed by atoms with Crippen molar-refractivity contribution in [1.82, 2.24) is 0 Å². The Kier molecular flexibility index (Phi) is 14.1. The Bertz CT molecular complexity index is 1650. The van der Waals surface area contributed by atoms with Gasteiger partial charge >= 0.3 is 24.1 Å². The van der Waals surface area contributed by atoms with Crippen LogP contribution >= 0.6 is 0 Å². The van der Waals surface area contributed by atoms with Crippen molar-refractivity contribution < 1.29 is 62.9 Å². The lowest BCUT2D eigenvalue weighted by Gasteiger charge is -2.27. The summed E-state index contributed by atoms with van der Waals surface area (Å²) in [5.74, 6) is -2.22. The first kappa shape index (κ1) is 39.0. The molecule has 2 aromatic carbocycles. The topological polar surface area (TPSA) is 178 Å². The average Bonchev–Trinajstić information content (AvgIpc) is 3.14. The van der Waals surface area contributed by atoms with Gasteiger partial charge < -0.3 is 38.9 Å². The van der Waals surface area contributed by atoms with Crippen molar-refractivity contribution in [3.8, 4) is 0 Å². The van der Waals surface area contributed by atoms with Crippen LogP contribution in [0.25, 0.3) is 22.4 Å². The molecule has 51 heavy (non-hydrogen) atoms. The summed E-state index contributed by atoms with van der Waals surface area (Å²) in [5, 5.41) is 2.61. The van der Waals surface area contributed by atoms with Crippen LogP contribution < -0.4 is 5.73 Å². The number of hydrogen-bond acceptors (Lipinski definition) is 12. The van der Waals surface area contributed by atoms with Crippen LogP contribution in [-0.2, 0) is 65.2 Å². The van der Waals surface area contributed by atoms with Crippen molar-refractivity contribution in [2.45, 2.75) is 58.8 Å². The molecule has 0 bridgehead atoms. The molecule has 2 unspecified atom stereocenters. The molecule has 0 radical (unpaired) electrons. The summed E-state index contributed by atoms with van der Waals surface area (Å²) < 4.78 is 35.7. The standard InChI is InChI=1S/C38H47NO12/c1-37(21-46-25-40,34(42)47-20-19-45-3)17-16-31(41)49-22-38(2,35(43)51-24-39)23-50-36(44)48-18-5-4-7-26-10-11-29-13-12-27-8-6-9-28-14-15-30(26)33(29)32(27)28/h6,9-12,14-15,25H,4-5,7-8,13,16-24,39H2,1-3H3/p+1. The number of unbranched alkanes of at least 4 members (excludes halogenated alkanes) is 1. The van der Waals surface area contributed by atoms with Gasteiger partial charge in [-0.05, 0) is 91.0 Å². The molecule has 13 nitrogen and oxygen atoms in total. The van der Waals surface area contributed by atoms with Crippen molar-refractivity contribution in [1.29, 1.82) is 0 Å². The van der Waals surface area contributed by atoms with Gasteiger partial charge in [0.15, 0.2) is 0 Å². The van der Waals surface area contributed by atoms with Crippen LogP contribution in [0.2, 0.25) is 0 Å². The Morgan fingerprint density at radius 3 is 2.39 bits per heavy atom. The van der Waals surface area contributed by atoms with Crippen LogP contribution in [0, 0.1) is 10.8 Å². The highest BCUT2D eigenvalue weighted by atomic mass is 16.7. The maximum Gasteiger partial charge on any atom is 0.508 e. The third kappa shape index (κ3) is 10.2. The first-order chi connectivity index (χ1) is 24.5. The van der Waals surface area contributed by atoms with Crippen LogP contribution in [0.3, 0.4) is 0 Å². The van der Waals surface area contributed by atoms with E-state index >= 15 is 0 Å². The molecule has 0 fully saturated rings. The zero-order valence-corrected chi connectivity index (χ0v) is 29.6. The molecule has 2 aliphatic rings. The highest BCUT2D eigenvalue weighted by Crippen LogP contribution is 2.41. The minimum atomic E-state index is -1.56. The number of ether oxygens (including phenoxy) is 7. The summed E-state index contributed by atoms with van der Waals surface area (Å²) in [6.07, 6.45) is 9.54. The molecule has 13 heteroatoms. The lowest BCUT2D eigenvalue weighted by atomic mass is 9.80. The molecule has 2 aromatic rings. The first-order valence-electron chi connectivity index (χ1n) is 17.1. The van der Waals surface area contributed by atoms with Gasteiger partial charge in [-0.25, -0.2) is 4.79 Å². The number of carbonyl (C=O) groups is 5. The number of carbonyl (C=O) groups excluding carboxylic acids is 5. The number of methoxy groups -OCH3 is 1. The molecule has 0 saturated carbocycles. The lowest BCUT2D eigenvalue weighted by molar-refractivity contribution is -0.422. The summed E-state index contributed by atoms with van der Waals surface area (Å²) in [4.78, 5) is 61.3. The van der Waals surface area contributed by atoms with Gasteiger partial charge in [-0.3, -0.25) is 19.2 Å². The molecule has 0 aliphatic heterocycles. The highest BCUT2D eigenvalue weighted by Gasteiger charge is 2.40. The second-order valence-electron chi connectivity index (χ2n) is 13.2. The minimum Gasteiger partial charge on any atom is -0.467 e. The normalized spacial score (nSPS) is 15.1. The van der Waals surface area contributed by atoms with Gasteiger partial charge in [-0.15, -0.1) is 0 Å². The van der Waals surface area contributed by atoms with Crippen LogP contribution in [0.1, 0.15) is 68.2 Å². The molecular weight excluding hydrogens is 662 g/mol. The number of esters is 3. The van der Waals surface area contributed by atoms with E-state index in [0.29, 0.717) is 6.42 Å². The number of aryl methyl sites for hydroxylation is 1.